The lowest BCUT2D eigenvalue weighted by Gasteiger charge is -2.33. The van der Waals surface area contributed by atoms with Gasteiger partial charge in [0.05, 0.1) is 6.26 Å². The number of rotatable bonds is 7. The fraction of sp³-hybridized carbons (Fsp3) is 0.429. The summed E-state index contributed by atoms with van der Waals surface area (Å²) in [6, 6.07) is 10.8. The first-order chi connectivity index (χ1) is 13.1. The van der Waals surface area contributed by atoms with Gasteiger partial charge in [0.25, 0.3) is 11.8 Å². The van der Waals surface area contributed by atoms with Crippen LogP contribution in [0.5, 0.6) is 0 Å². The van der Waals surface area contributed by atoms with Gasteiger partial charge in [-0.05, 0) is 69.1 Å². The molecule has 0 unspecified atom stereocenters. The molecular weight excluding hydrogens is 342 g/mol. The number of carbonyl (C=O) groups excluding carboxylic acids is 2. The van der Waals surface area contributed by atoms with E-state index in [1.165, 1.54) is 32.1 Å². The van der Waals surface area contributed by atoms with Gasteiger partial charge in [0.1, 0.15) is 0 Å². The van der Waals surface area contributed by atoms with Gasteiger partial charge < -0.3 is 20.0 Å². The normalized spacial score (nSPS) is 17.4. The van der Waals surface area contributed by atoms with Gasteiger partial charge in [0.2, 0.25) is 0 Å². The summed E-state index contributed by atoms with van der Waals surface area (Å²) >= 11 is 0. The summed E-state index contributed by atoms with van der Waals surface area (Å²) in [5.41, 5.74) is 1.20. The molecule has 1 fully saturated rings. The van der Waals surface area contributed by atoms with E-state index in [9.17, 15) is 9.59 Å². The van der Waals surface area contributed by atoms with Gasteiger partial charge in [-0.25, -0.2) is 0 Å². The number of hydrogen-bond donors (Lipinski definition) is 2. The van der Waals surface area contributed by atoms with Gasteiger partial charge in [-0.2, -0.15) is 0 Å². The molecule has 2 amide bonds. The molecule has 1 aliphatic heterocycles. The van der Waals surface area contributed by atoms with Crippen molar-refractivity contribution in [1.82, 2.24) is 10.2 Å². The Bertz CT molecular complexity index is 741. The number of hydrogen-bond acceptors (Lipinski definition) is 4. The minimum Gasteiger partial charge on any atom is -0.459 e. The predicted octanol–water partition coefficient (Wildman–Crippen LogP) is 3.53. The molecule has 0 spiro atoms. The Hall–Kier alpha value is -2.60. The maximum Gasteiger partial charge on any atom is 0.291 e. The number of carbonyl (C=O) groups is 2. The van der Waals surface area contributed by atoms with Gasteiger partial charge in [0.15, 0.2) is 5.76 Å². The number of furan rings is 1. The van der Waals surface area contributed by atoms with E-state index in [-0.39, 0.29) is 17.6 Å². The van der Waals surface area contributed by atoms with Gasteiger partial charge in [0, 0.05) is 30.4 Å². The molecule has 3 rings (SSSR count). The number of nitrogens with zero attached hydrogens (tertiary/aromatic N) is 1. The minimum atomic E-state index is -0.316. The van der Waals surface area contributed by atoms with Crippen molar-refractivity contribution in [3.05, 3.63) is 54.0 Å². The average molecular weight is 369 g/mol. The lowest BCUT2D eigenvalue weighted by Crippen LogP contribution is -2.39. The summed E-state index contributed by atoms with van der Waals surface area (Å²) in [6.45, 7) is 5.14. The highest BCUT2D eigenvalue weighted by Crippen LogP contribution is 2.16. The molecular formula is C21H27N3O3. The van der Waals surface area contributed by atoms with Crippen molar-refractivity contribution in [2.24, 2.45) is 0 Å². The number of amides is 2. The lowest BCUT2D eigenvalue weighted by molar-refractivity contribution is 0.0948. The molecule has 1 aromatic heterocycles. The Morgan fingerprint density at radius 1 is 1.15 bits per heavy atom. The minimum absolute atomic E-state index is 0.0920. The summed E-state index contributed by atoms with van der Waals surface area (Å²) < 4.78 is 5.06. The maximum absolute atomic E-state index is 12.3. The van der Waals surface area contributed by atoms with E-state index in [2.05, 4.69) is 22.5 Å². The second kappa shape index (κ2) is 9.37. The van der Waals surface area contributed by atoms with Crippen molar-refractivity contribution in [2.75, 3.05) is 25.0 Å². The number of piperidine rings is 1. The van der Waals surface area contributed by atoms with E-state index < -0.39 is 0 Å². The Balaban J connectivity index is 1.41. The molecule has 0 radical (unpaired) electrons. The molecule has 2 aromatic rings. The second-order valence-electron chi connectivity index (χ2n) is 7.00. The first-order valence-electron chi connectivity index (χ1n) is 9.60. The van der Waals surface area contributed by atoms with Gasteiger partial charge in [-0.3, -0.25) is 9.59 Å². The van der Waals surface area contributed by atoms with Gasteiger partial charge in [-0.1, -0.05) is 6.42 Å². The summed E-state index contributed by atoms with van der Waals surface area (Å²) in [5.74, 6) is -0.158. The standard InChI is InChI=1S/C21H27N3O3/c1-16-6-2-3-13-24(16)14-5-12-22-20(25)17-8-10-18(11-9-17)23-21(26)19-7-4-15-27-19/h4,7-11,15-16H,2-3,5-6,12-14H2,1H3,(H,22,25)(H,23,26)/t16-/m1/s1. The fourth-order valence-corrected chi connectivity index (χ4v) is 3.38. The fourth-order valence-electron chi connectivity index (χ4n) is 3.38. The second-order valence-corrected chi connectivity index (χ2v) is 7.00. The van der Waals surface area contributed by atoms with E-state index in [4.69, 9.17) is 4.42 Å². The number of anilines is 1. The zero-order chi connectivity index (χ0) is 19.1. The summed E-state index contributed by atoms with van der Waals surface area (Å²) in [7, 11) is 0. The van der Waals surface area contributed by atoms with Crippen molar-refractivity contribution in [3.63, 3.8) is 0 Å². The van der Waals surface area contributed by atoms with E-state index in [0.29, 0.717) is 23.8 Å². The van der Waals surface area contributed by atoms with Crippen LogP contribution in [0.1, 0.15) is 53.5 Å². The highest BCUT2D eigenvalue weighted by atomic mass is 16.3. The summed E-state index contributed by atoms with van der Waals surface area (Å²) in [5, 5.41) is 5.70. The van der Waals surface area contributed by atoms with Crippen LogP contribution in [0.3, 0.4) is 0 Å². The number of benzene rings is 1. The molecule has 0 bridgehead atoms. The van der Waals surface area contributed by atoms with Crippen molar-refractivity contribution in [1.29, 1.82) is 0 Å². The number of nitrogens with one attached hydrogen (secondary N) is 2. The van der Waals surface area contributed by atoms with Crippen LogP contribution in [0.25, 0.3) is 0 Å². The van der Waals surface area contributed by atoms with Crippen LogP contribution in [0.15, 0.2) is 47.1 Å². The van der Waals surface area contributed by atoms with E-state index in [1.54, 1.807) is 36.4 Å². The largest absolute Gasteiger partial charge is 0.459 e. The zero-order valence-corrected chi connectivity index (χ0v) is 15.7. The van der Waals surface area contributed by atoms with Gasteiger partial charge >= 0.3 is 0 Å². The van der Waals surface area contributed by atoms with Crippen molar-refractivity contribution < 1.29 is 14.0 Å². The first kappa shape index (κ1) is 19.2. The van der Waals surface area contributed by atoms with Crippen LogP contribution in [-0.2, 0) is 0 Å². The Morgan fingerprint density at radius 2 is 1.96 bits per heavy atom. The van der Waals surface area contributed by atoms with E-state index in [1.807, 2.05) is 0 Å². The van der Waals surface area contributed by atoms with Gasteiger partial charge in [-0.15, -0.1) is 0 Å². The first-order valence-corrected chi connectivity index (χ1v) is 9.60. The topological polar surface area (TPSA) is 74.6 Å². The third-order valence-electron chi connectivity index (χ3n) is 5.00. The van der Waals surface area contributed by atoms with Crippen molar-refractivity contribution in [3.8, 4) is 0 Å². The highest BCUT2D eigenvalue weighted by Gasteiger charge is 2.17. The van der Waals surface area contributed by atoms with Crippen LogP contribution >= 0.6 is 0 Å². The number of likely N-dealkylation sites (tertiary alicyclic amines) is 1. The molecule has 0 aliphatic carbocycles. The van der Waals surface area contributed by atoms with Crippen molar-refractivity contribution >= 4 is 17.5 Å². The Morgan fingerprint density at radius 3 is 2.67 bits per heavy atom. The van der Waals surface area contributed by atoms with Crippen LogP contribution in [0, 0.1) is 0 Å². The van der Waals surface area contributed by atoms with Crippen molar-refractivity contribution in [2.45, 2.75) is 38.6 Å². The predicted molar refractivity (Wildman–Crippen MR) is 105 cm³/mol. The monoisotopic (exact) mass is 369 g/mol. The van der Waals surface area contributed by atoms with Crippen LogP contribution in [0.2, 0.25) is 0 Å². The molecule has 6 heteroatoms. The maximum atomic E-state index is 12.3. The third-order valence-corrected chi connectivity index (χ3v) is 5.00. The van der Waals surface area contributed by atoms with Crippen LogP contribution in [-0.4, -0.2) is 42.4 Å². The molecule has 1 aliphatic rings. The SMILES string of the molecule is C[C@@H]1CCCCN1CCCNC(=O)c1ccc(NC(=O)c2ccco2)cc1. The molecule has 6 nitrogen and oxygen atoms in total. The highest BCUT2D eigenvalue weighted by molar-refractivity contribution is 6.02. The average Bonchev–Trinajstić information content (AvgIpc) is 3.22. The molecule has 144 valence electrons. The third kappa shape index (κ3) is 5.44. The molecule has 1 aromatic carbocycles. The smallest absolute Gasteiger partial charge is 0.291 e. The molecule has 27 heavy (non-hydrogen) atoms. The Kier molecular flexibility index (Phi) is 6.65. The molecule has 0 saturated carbocycles. The quantitative estimate of drug-likeness (QED) is 0.732. The molecule has 2 N–H and O–H groups in total. The van der Waals surface area contributed by atoms with E-state index >= 15 is 0 Å². The molecule has 1 saturated heterocycles. The van der Waals surface area contributed by atoms with Crippen LogP contribution < -0.4 is 10.6 Å². The zero-order valence-electron chi connectivity index (χ0n) is 15.7. The van der Waals surface area contributed by atoms with E-state index in [0.717, 1.165) is 13.0 Å². The summed E-state index contributed by atoms with van der Waals surface area (Å²) in [6.07, 6.45) is 6.28. The summed E-state index contributed by atoms with van der Waals surface area (Å²) in [4.78, 5) is 26.7. The van der Waals surface area contributed by atoms with Crippen LogP contribution in [0.4, 0.5) is 5.69 Å². The Labute approximate surface area is 159 Å². The molecule has 1 atom stereocenters. The molecule has 2 heterocycles. The lowest BCUT2D eigenvalue weighted by atomic mass is 10.0.